The van der Waals surface area contributed by atoms with E-state index in [1.165, 1.54) is 57.8 Å². The van der Waals surface area contributed by atoms with Gasteiger partial charge in [0.2, 0.25) is 0 Å². The van der Waals surface area contributed by atoms with Gasteiger partial charge < -0.3 is 14.4 Å². The van der Waals surface area contributed by atoms with E-state index in [1.807, 2.05) is 0 Å². The normalized spacial score (nSPS) is 24.7. The van der Waals surface area contributed by atoms with Crippen LogP contribution in [0.1, 0.15) is 91.9 Å². The number of hydrogen-bond donors (Lipinski definition) is 0. The van der Waals surface area contributed by atoms with Crippen molar-refractivity contribution in [2.45, 2.75) is 104 Å². The van der Waals surface area contributed by atoms with E-state index >= 15 is 0 Å². The lowest BCUT2D eigenvalue weighted by Gasteiger charge is -2.25. The van der Waals surface area contributed by atoms with E-state index in [2.05, 4.69) is 32.6 Å². The average Bonchev–Trinajstić information content (AvgIpc) is 2.92. The van der Waals surface area contributed by atoms with Gasteiger partial charge in [-0.1, -0.05) is 72.1 Å². The first kappa shape index (κ1) is 20.9. The summed E-state index contributed by atoms with van der Waals surface area (Å²) in [6, 6.07) is 0. The second-order valence-electron chi connectivity index (χ2n) is 7.25. The van der Waals surface area contributed by atoms with Crippen molar-refractivity contribution >= 4 is 0 Å². The molecule has 2 atom stereocenters. The van der Waals surface area contributed by atoms with Crippen LogP contribution in [0.15, 0.2) is 0 Å². The predicted molar refractivity (Wildman–Crippen MR) is 98.9 cm³/mol. The molecular weight excluding hydrogens is 286 g/mol. The fraction of sp³-hybridized carbons (Fsp3) is 1.00. The molecule has 0 bridgehead atoms. The van der Waals surface area contributed by atoms with Gasteiger partial charge in [0.1, 0.15) is 0 Å². The van der Waals surface area contributed by atoms with Crippen LogP contribution in [0.2, 0.25) is 0 Å². The molecule has 0 amide bonds. The Hall–Kier alpha value is -0.120. The van der Waals surface area contributed by atoms with Crippen LogP contribution in [0.3, 0.4) is 0 Å². The third-order valence-electron chi connectivity index (χ3n) is 5.08. The molecule has 1 heterocycles. The second-order valence-corrected chi connectivity index (χ2v) is 7.25. The fourth-order valence-corrected chi connectivity index (χ4v) is 3.44. The molecule has 1 aliphatic heterocycles. The van der Waals surface area contributed by atoms with Gasteiger partial charge in [0.25, 0.3) is 0 Å². The Bertz CT molecular complexity index is 281. The Labute approximate surface area is 145 Å². The smallest absolute Gasteiger partial charge is 0.166 e. The molecule has 0 aromatic heterocycles. The maximum atomic E-state index is 6.19. The molecule has 0 spiro atoms. The highest BCUT2D eigenvalue weighted by Gasteiger charge is 2.36. The van der Waals surface area contributed by atoms with Crippen LogP contribution in [0.25, 0.3) is 0 Å². The van der Waals surface area contributed by atoms with Gasteiger partial charge in [-0.3, -0.25) is 0 Å². The van der Waals surface area contributed by atoms with Gasteiger partial charge >= 0.3 is 0 Å². The summed E-state index contributed by atoms with van der Waals surface area (Å²) < 4.78 is 12.2. The number of hydrogen-bond acceptors (Lipinski definition) is 3. The minimum absolute atomic E-state index is 0.249. The summed E-state index contributed by atoms with van der Waals surface area (Å²) in [4.78, 5) is 2.41. The molecule has 1 fully saturated rings. The monoisotopic (exact) mass is 327 g/mol. The van der Waals surface area contributed by atoms with Gasteiger partial charge in [-0.15, -0.1) is 0 Å². The van der Waals surface area contributed by atoms with Crippen molar-refractivity contribution in [1.29, 1.82) is 0 Å². The quantitative estimate of drug-likeness (QED) is 0.400. The van der Waals surface area contributed by atoms with Crippen molar-refractivity contribution in [3.05, 3.63) is 0 Å². The van der Waals surface area contributed by atoms with Crippen molar-refractivity contribution in [3.8, 4) is 0 Å². The topological polar surface area (TPSA) is 21.7 Å². The molecule has 0 aromatic carbocycles. The summed E-state index contributed by atoms with van der Waals surface area (Å²) in [5.74, 6) is -0.334. The van der Waals surface area contributed by atoms with E-state index in [4.69, 9.17) is 9.47 Å². The zero-order chi connectivity index (χ0) is 17.0. The summed E-state index contributed by atoms with van der Waals surface area (Å²) in [6.07, 6.45) is 13.6. The van der Waals surface area contributed by atoms with Gasteiger partial charge in [-0.2, -0.15) is 0 Å². The van der Waals surface area contributed by atoms with Crippen LogP contribution in [-0.4, -0.2) is 43.0 Å². The van der Waals surface area contributed by atoms with E-state index in [1.54, 1.807) is 0 Å². The third-order valence-corrected chi connectivity index (χ3v) is 5.08. The highest BCUT2D eigenvalue weighted by Crippen LogP contribution is 2.29. The molecule has 0 radical (unpaired) electrons. The zero-order valence-electron chi connectivity index (χ0n) is 16.2. The molecular formula is C20H41NO2. The van der Waals surface area contributed by atoms with E-state index in [0.29, 0.717) is 0 Å². The van der Waals surface area contributed by atoms with Crippen LogP contribution in [-0.2, 0) is 9.47 Å². The van der Waals surface area contributed by atoms with Crippen LogP contribution in [0, 0.1) is 0 Å². The number of likely N-dealkylation sites (N-methyl/N-ethyl adjacent to an activating group) is 1. The minimum Gasteiger partial charge on any atom is -0.347 e. The maximum Gasteiger partial charge on any atom is 0.166 e. The van der Waals surface area contributed by atoms with E-state index in [0.717, 1.165) is 32.7 Å². The standard InChI is InChI=1S/C20H41NO2/c1-5-8-9-10-11-12-13-14-15-16-20(4)22-18-19(23-20)17-21(6-2)7-3/h19H,5-18H2,1-4H3. The first-order valence-corrected chi connectivity index (χ1v) is 10.2. The Balaban J connectivity index is 2.04. The Morgan fingerprint density at radius 3 is 2.00 bits per heavy atom. The van der Waals surface area contributed by atoms with Crippen molar-refractivity contribution in [2.75, 3.05) is 26.2 Å². The molecule has 3 nitrogen and oxygen atoms in total. The lowest BCUT2D eigenvalue weighted by atomic mass is 10.0. The Kier molecular flexibility index (Phi) is 11.2. The summed E-state index contributed by atoms with van der Waals surface area (Å²) in [6.45, 7) is 12.8. The number of ether oxygens (including phenoxy) is 2. The van der Waals surface area contributed by atoms with Crippen LogP contribution < -0.4 is 0 Å². The molecule has 0 N–H and O–H groups in total. The molecule has 1 saturated heterocycles. The van der Waals surface area contributed by atoms with Crippen molar-refractivity contribution in [2.24, 2.45) is 0 Å². The largest absolute Gasteiger partial charge is 0.347 e. The van der Waals surface area contributed by atoms with E-state index in [9.17, 15) is 0 Å². The molecule has 2 unspecified atom stereocenters. The summed E-state index contributed by atoms with van der Waals surface area (Å²) in [7, 11) is 0. The lowest BCUT2D eigenvalue weighted by molar-refractivity contribution is -0.160. The second kappa shape index (κ2) is 12.3. The van der Waals surface area contributed by atoms with Crippen molar-refractivity contribution in [3.63, 3.8) is 0 Å². The number of rotatable bonds is 14. The summed E-state index contributed by atoms with van der Waals surface area (Å²) in [5, 5.41) is 0. The maximum absolute atomic E-state index is 6.19. The molecule has 0 aromatic rings. The number of nitrogens with zero attached hydrogens (tertiary/aromatic N) is 1. The first-order valence-electron chi connectivity index (χ1n) is 10.2. The number of unbranched alkanes of at least 4 members (excludes halogenated alkanes) is 8. The SMILES string of the molecule is CCCCCCCCCCCC1(C)OCC(CN(CC)CC)O1. The van der Waals surface area contributed by atoms with Crippen LogP contribution in [0.4, 0.5) is 0 Å². The molecule has 0 saturated carbocycles. The lowest BCUT2D eigenvalue weighted by Crippen LogP contribution is -2.35. The van der Waals surface area contributed by atoms with Crippen molar-refractivity contribution < 1.29 is 9.47 Å². The van der Waals surface area contributed by atoms with Gasteiger partial charge in [0.05, 0.1) is 12.7 Å². The van der Waals surface area contributed by atoms with Crippen LogP contribution >= 0.6 is 0 Å². The summed E-state index contributed by atoms with van der Waals surface area (Å²) in [5.41, 5.74) is 0. The molecule has 3 heteroatoms. The minimum atomic E-state index is -0.334. The highest BCUT2D eigenvalue weighted by molar-refractivity contribution is 4.77. The highest BCUT2D eigenvalue weighted by atomic mass is 16.7. The van der Waals surface area contributed by atoms with Gasteiger partial charge in [-0.05, 0) is 26.4 Å². The third kappa shape index (κ3) is 9.07. The Morgan fingerprint density at radius 2 is 1.43 bits per heavy atom. The first-order chi connectivity index (χ1) is 11.1. The van der Waals surface area contributed by atoms with Gasteiger partial charge in [0, 0.05) is 13.0 Å². The fourth-order valence-electron chi connectivity index (χ4n) is 3.44. The zero-order valence-corrected chi connectivity index (χ0v) is 16.2. The van der Waals surface area contributed by atoms with Crippen LogP contribution in [0.5, 0.6) is 0 Å². The molecule has 1 rings (SSSR count). The molecule has 0 aliphatic carbocycles. The Morgan fingerprint density at radius 1 is 0.870 bits per heavy atom. The van der Waals surface area contributed by atoms with E-state index < -0.39 is 0 Å². The predicted octanol–water partition coefficient (Wildman–Crippen LogP) is 5.38. The molecule has 138 valence electrons. The van der Waals surface area contributed by atoms with Crippen molar-refractivity contribution in [1.82, 2.24) is 4.90 Å². The van der Waals surface area contributed by atoms with Gasteiger partial charge in [-0.25, -0.2) is 0 Å². The average molecular weight is 328 g/mol. The summed E-state index contributed by atoms with van der Waals surface area (Å²) >= 11 is 0. The molecule has 1 aliphatic rings. The van der Waals surface area contributed by atoms with E-state index in [-0.39, 0.29) is 11.9 Å². The molecule has 23 heavy (non-hydrogen) atoms. The van der Waals surface area contributed by atoms with Gasteiger partial charge in [0.15, 0.2) is 5.79 Å².